The Labute approximate surface area is 283 Å². The van der Waals surface area contributed by atoms with Crippen LogP contribution in [0.4, 0.5) is 0 Å². The molecule has 5 aliphatic rings. The van der Waals surface area contributed by atoms with Gasteiger partial charge in [-0.2, -0.15) is 6.20 Å². The zero-order valence-corrected chi connectivity index (χ0v) is 28.4. The van der Waals surface area contributed by atoms with Gasteiger partial charge in [0.1, 0.15) is 0 Å². The second-order valence-electron chi connectivity index (χ2n) is 12.9. The summed E-state index contributed by atoms with van der Waals surface area (Å²) in [7, 11) is -4.26. The minimum absolute atomic E-state index is 0. The molecule has 5 rings (SSSR count). The molecule has 2 saturated heterocycles. The first-order valence-corrected chi connectivity index (χ1v) is 18.2. The van der Waals surface area contributed by atoms with E-state index in [1.165, 1.54) is 38.5 Å². The molecule has 3 atom stereocenters. The van der Waals surface area contributed by atoms with Crippen LogP contribution in [0.1, 0.15) is 89.9 Å². The van der Waals surface area contributed by atoms with E-state index in [-0.39, 0.29) is 26.9 Å². The van der Waals surface area contributed by atoms with E-state index in [4.69, 9.17) is 19.7 Å². The number of rotatable bonds is 12. The average molecular weight is 717 g/mol. The number of hydrogen-bond donors (Lipinski definition) is 1. The molecular weight excluding hydrogens is 667 g/mol. The number of phosphoric acid groups is 1. The van der Waals surface area contributed by atoms with E-state index in [9.17, 15) is 29.7 Å². The third kappa shape index (κ3) is 14.0. The summed E-state index contributed by atoms with van der Waals surface area (Å²) in [6.45, 7) is 5.32. The van der Waals surface area contributed by atoms with E-state index in [1.807, 2.05) is 12.3 Å². The van der Waals surface area contributed by atoms with Crippen molar-refractivity contribution in [3.05, 3.63) is 60.6 Å². The predicted molar refractivity (Wildman–Crippen MR) is 172 cm³/mol. The summed E-state index contributed by atoms with van der Waals surface area (Å²) < 4.78 is 22.3. The smallest absolute Gasteiger partial charge is 0.684 e. The van der Waals surface area contributed by atoms with Crippen molar-refractivity contribution in [2.75, 3.05) is 32.7 Å². The van der Waals surface area contributed by atoms with Crippen LogP contribution < -0.4 is 0 Å². The summed E-state index contributed by atoms with van der Waals surface area (Å²) in [4.78, 5) is 33.1. The maximum atomic E-state index is 12.0. The molecule has 3 aliphatic heterocycles. The van der Waals surface area contributed by atoms with E-state index in [2.05, 4.69) is 22.4 Å². The van der Waals surface area contributed by atoms with Gasteiger partial charge < -0.3 is 25.7 Å². The number of allylic oxidation sites excluding steroid dienone is 2. The van der Waals surface area contributed by atoms with E-state index in [0.717, 1.165) is 32.7 Å². The molecule has 0 spiro atoms. The van der Waals surface area contributed by atoms with Crippen LogP contribution in [0.25, 0.3) is 16.0 Å². The van der Waals surface area contributed by atoms with Gasteiger partial charge in [-0.3, -0.25) is 29.3 Å². The molecule has 0 bridgehead atoms. The molecule has 3 unspecified atom stereocenters. The van der Waals surface area contributed by atoms with E-state index in [1.54, 1.807) is 0 Å². The molecule has 266 valence electrons. The number of piperidine rings is 2. The molecule has 2 aliphatic carbocycles. The zero-order valence-electron chi connectivity index (χ0n) is 26.5. The van der Waals surface area contributed by atoms with Crippen LogP contribution in [0.3, 0.4) is 0 Å². The van der Waals surface area contributed by atoms with Crippen molar-refractivity contribution < 1.29 is 45.4 Å². The molecule has 0 radical (unpaired) electrons. The Balaban J connectivity index is 0.000000245. The van der Waals surface area contributed by atoms with Gasteiger partial charge in [0.25, 0.3) is 0 Å². The van der Waals surface area contributed by atoms with E-state index in [0.29, 0.717) is 69.5 Å². The summed E-state index contributed by atoms with van der Waals surface area (Å²) in [6, 6.07) is 0.121. The maximum Gasteiger partial charge on any atom is 1.00 e. The van der Waals surface area contributed by atoms with Gasteiger partial charge in [-0.05, 0) is 45.3 Å². The fraction of sp³-hybridized carbons (Fsp3) is 0.867. The number of nitro groups is 2. The first kappa shape index (κ1) is 39.0. The molecule has 0 aromatic rings. The fourth-order valence-corrected chi connectivity index (χ4v) is 8.01. The average Bonchev–Trinajstić information content (AvgIpc) is 3.03. The number of nitrogens with zero attached hydrogens (tertiary/aromatic N) is 6. The van der Waals surface area contributed by atoms with Crippen LogP contribution in [-0.2, 0) is 30.7 Å². The van der Waals surface area contributed by atoms with Gasteiger partial charge >= 0.3 is 24.9 Å². The SMILES string of the molecule is C1=C[N-]C(CN(CC2CCCC[N-]2)CC2CCCC[N-]2)C=C1.O=[N+]([O-])C1CCC(OP(=O)(O)OC2CCC([N+](=O)[O-])CC2)CC1.[Cu+]. The Morgan fingerprint density at radius 1 is 0.739 bits per heavy atom. The van der Waals surface area contributed by atoms with Crippen molar-refractivity contribution in [1.29, 1.82) is 0 Å². The van der Waals surface area contributed by atoms with Gasteiger partial charge in [-0.25, -0.2) is 4.57 Å². The number of phosphoric ester groups is 1. The van der Waals surface area contributed by atoms with Crippen molar-refractivity contribution >= 4 is 7.82 Å². The predicted octanol–water partition coefficient (Wildman–Crippen LogP) is 6.26. The van der Waals surface area contributed by atoms with Crippen molar-refractivity contribution in [3.8, 4) is 0 Å². The van der Waals surface area contributed by atoms with Crippen LogP contribution >= 0.6 is 7.82 Å². The third-order valence-electron chi connectivity index (χ3n) is 9.30. The van der Waals surface area contributed by atoms with Gasteiger partial charge in [0.15, 0.2) is 0 Å². The fourth-order valence-electron chi connectivity index (χ4n) is 6.78. The van der Waals surface area contributed by atoms with Crippen LogP contribution in [0.5, 0.6) is 0 Å². The molecule has 46 heavy (non-hydrogen) atoms. The van der Waals surface area contributed by atoms with Crippen molar-refractivity contribution in [3.63, 3.8) is 0 Å². The molecule has 3 heterocycles. The summed E-state index contributed by atoms with van der Waals surface area (Å²) in [5, 5.41) is 35.6. The van der Waals surface area contributed by atoms with Crippen molar-refractivity contribution in [2.45, 2.75) is 132 Å². The number of hydrogen-bond acceptors (Lipinski definition) is 8. The van der Waals surface area contributed by atoms with Crippen molar-refractivity contribution in [2.24, 2.45) is 0 Å². The van der Waals surface area contributed by atoms with Gasteiger partial charge in [-0.15, -0.1) is 25.2 Å². The van der Waals surface area contributed by atoms with Crippen LogP contribution in [-0.4, -0.2) is 94.8 Å². The van der Waals surface area contributed by atoms with E-state index < -0.39 is 32.1 Å². The van der Waals surface area contributed by atoms with Crippen LogP contribution in [0, 0.1) is 20.2 Å². The molecule has 1 N–H and O–H groups in total. The van der Waals surface area contributed by atoms with Gasteiger partial charge in [0, 0.05) is 35.5 Å². The van der Waals surface area contributed by atoms with E-state index >= 15 is 0 Å². The largest absolute Gasteiger partial charge is 1.00 e. The molecule has 14 nitrogen and oxygen atoms in total. The molecule has 2 saturated carbocycles. The van der Waals surface area contributed by atoms with Gasteiger partial charge in [-0.1, -0.05) is 62.8 Å². The molecule has 0 amide bonds. The Bertz CT molecular complexity index is 969. The minimum atomic E-state index is -4.26. The summed E-state index contributed by atoms with van der Waals surface area (Å²) in [6.07, 6.45) is 17.6. The van der Waals surface area contributed by atoms with Gasteiger partial charge in [0.05, 0.1) is 12.2 Å². The molecule has 4 fully saturated rings. The molecular formula is C30H50CuN6O8P-2. The van der Waals surface area contributed by atoms with Crippen molar-refractivity contribution in [1.82, 2.24) is 4.90 Å². The normalized spacial score (nSPS) is 32.6. The molecule has 0 aromatic carbocycles. The minimum Gasteiger partial charge on any atom is -0.684 e. The van der Waals surface area contributed by atoms with Gasteiger partial charge in [0.2, 0.25) is 12.1 Å². The topological polar surface area (TPSA) is 188 Å². The third-order valence-corrected chi connectivity index (χ3v) is 10.4. The second-order valence-corrected chi connectivity index (χ2v) is 14.2. The quantitative estimate of drug-likeness (QED) is 0.105. The Morgan fingerprint density at radius 3 is 1.59 bits per heavy atom. The summed E-state index contributed by atoms with van der Waals surface area (Å²) in [5.41, 5.74) is 0. The first-order chi connectivity index (χ1) is 21.7. The second kappa shape index (κ2) is 20.2. The summed E-state index contributed by atoms with van der Waals surface area (Å²) in [5.74, 6) is 0. The van der Waals surface area contributed by atoms with Crippen LogP contribution in [0.15, 0.2) is 24.4 Å². The first-order valence-electron chi connectivity index (χ1n) is 16.7. The summed E-state index contributed by atoms with van der Waals surface area (Å²) >= 11 is 0. The molecule has 16 heteroatoms. The van der Waals surface area contributed by atoms with Crippen LogP contribution in [0.2, 0.25) is 0 Å². The Morgan fingerprint density at radius 2 is 1.22 bits per heavy atom. The Hall–Kier alpha value is -1.41. The Kier molecular flexibility index (Phi) is 17.1. The monoisotopic (exact) mass is 716 g/mol. The zero-order chi connectivity index (χ0) is 32.1. The standard InChI is InChI=1S/C18H29N4.C12H21N2O8P.Cu/c1-4-10-19-16(7-1)13-22(14-17-8-2-5-11-20-17)15-18-9-3-6-12-21-18;15-13(16)9-1-5-11(6-2-9)21-23(19,20)22-12-7-3-10(4-8-12)14(17)18;/h1,4,7,10,16-18H,2-3,5-6,8-9,11-15H2;9-12H,1-8H2,(H,19,20);/q-3;;+1. The molecule has 0 aromatic heterocycles. The maximum absolute atomic E-state index is 12.0.